The first-order valence-electron chi connectivity index (χ1n) is 7.94. The van der Waals surface area contributed by atoms with Gasteiger partial charge in [0.2, 0.25) is 0 Å². The van der Waals surface area contributed by atoms with Crippen molar-refractivity contribution in [1.82, 2.24) is 0 Å². The molecule has 1 aliphatic rings. The minimum Gasteiger partial charge on any atom is -0.478 e. The Kier molecular flexibility index (Phi) is 3.55. The molecule has 0 spiro atoms. The molecule has 4 rings (SSSR count). The Morgan fingerprint density at radius 1 is 0.760 bits per heavy atom. The predicted molar refractivity (Wildman–Crippen MR) is 97.5 cm³/mol. The average Bonchev–Trinajstić information content (AvgIpc) is 2.99. The minimum absolute atomic E-state index is 0.0738. The van der Waals surface area contributed by atoms with Crippen molar-refractivity contribution in [3.05, 3.63) is 95.1 Å². The van der Waals surface area contributed by atoms with Gasteiger partial charge in [0.1, 0.15) is 0 Å². The molecule has 120 valence electrons. The minimum atomic E-state index is -1.01. The Hall–Kier alpha value is -3.46. The van der Waals surface area contributed by atoms with Crippen LogP contribution in [-0.2, 0) is 0 Å². The first kappa shape index (κ1) is 15.1. The number of carboxylic acid groups (broad SMARTS) is 1. The third-order valence-electron chi connectivity index (χ3n) is 4.40. The van der Waals surface area contributed by atoms with Crippen LogP contribution >= 0.6 is 0 Å². The number of benzene rings is 3. The maximum Gasteiger partial charge on any atom is 0.336 e. The number of aromatic carboxylic acids is 1. The van der Waals surface area contributed by atoms with Gasteiger partial charge in [-0.15, -0.1) is 0 Å². The number of ketones is 1. The second-order valence-corrected chi connectivity index (χ2v) is 5.87. The number of carboxylic acids is 1. The van der Waals surface area contributed by atoms with Gasteiger partial charge in [0.15, 0.2) is 5.78 Å². The highest BCUT2D eigenvalue weighted by atomic mass is 16.4. The zero-order valence-electron chi connectivity index (χ0n) is 13.3. The van der Waals surface area contributed by atoms with Crippen LogP contribution in [0.4, 0.5) is 0 Å². The van der Waals surface area contributed by atoms with Gasteiger partial charge in [0.25, 0.3) is 0 Å². The van der Waals surface area contributed by atoms with Crippen molar-refractivity contribution >= 4 is 23.4 Å². The number of hydrogen-bond donors (Lipinski definition) is 1. The van der Waals surface area contributed by atoms with Crippen molar-refractivity contribution in [3.8, 4) is 11.1 Å². The molecule has 0 saturated carbocycles. The SMILES string of the molecule is O=C1C(c2cccc(C(=O)O)c2-c2ccccc2)=Cc2ccccc21. The zero-order valence-corrected chi connectivity index (χ0v) is 13.3. The van der Waals surface area contributed by atoms with Gasteiger partial charge in [0.05, 0.1) is 5.56 Å². The molecular formula is C22H14O3. The number of carbonyl (C=O) groups is 2. The molecule has 0 atom stereocenters. The molecule has 1 N–H and O–H groups in total. The van der Waals surface area contributed by atoms with Crippen LogP contribution in [0, 0.1) is 0 Å². The van der Waals surface area contributed by atoms with Crippen molar-refractivity contribution < 1.29 is 14.7 Å². The van der Waals surface area contributed by atoms with E-state index >= 15 is 0 Å². The molecule has 3 heteroatoms. The molecule has 0 radical (unpaired) electrons. The van der Waals surface area contributed by atoms with E-state index in [2.05, 4.69) is 0 Å². The van der Waals surface area contributed by atoms with E-state index in [1.807, 2.05) is 60.7 Å². The summed E-state index contributed by atoms with van der Waals surface area (Å²) in [6, 6.07) is 21.8. The van der Waals surface area contributed by atoms with Crippen molar-refractivity contribution in [2.24, 2.45) is 0 Å². The molecule has 0 aromatic heterocycles. The quantitative estimate of drug-likeness (QED) is 0.753. The summed E-state index contributed by atoms with van der Waals surface area (Å²) in [5.74, 6) is -1.08. The van der Waals surface area contributed by atoms with E-state index in [-0.39, 0.29) is 11.3 Å². The largest absolute Gasteiger partial charge is 0.478 e. The molecular weight excluding hydrogens is 312 g/mol. The maximum atomic E-state index is 12.8. The highest BCUT2D eigenvalue weighted by molar-refractivity contribution is 6.38. The summed E-state index contributed by atoms with van der Waals surface area (Å²) in [5, 5.41) is 9.63. The van der Waals surface area contributed by atoms with E-state index < -0.39 is 5.97 Å². The fraction of sp³-hybridized carbons (Fsp3) is 0. The summed E-state index contributed by atoms with van der Waals surface area (Å²) in [6.45, 7) is 0. The molecule has 1 aliphatic carbocycles. The number of fused-ring (bicyclic) bond motifs is 1. The molecule has 3 aromatic carbocycles. The predicted octanol–water partition coefficient (Wildman–Crippen LogP) is 4.79. The summed E-state index contributed by atoms with van der Waals surface area (Å²) in [6.07, 6.45) is 1.84. The molecule has 0 heterocycles. The Morgan fingerprint density at radius 2 is 1.44 bits per heavy atom. The van der Waals surface area contributed by atoms with Crippen LogP contribution in [0.5, 0.6) is 0 Å². The second-order valence-electron chi connectivity index (χ2n) is 5.87. The van der Waals surface area contributed by atoms with Gasteiger partial charge in [-0.2, -0.15) is 0 Å². The number of rotatable bonds is 3. The topological polar surface area (TPSA) is 54.4 Å². The van der Waals surface area contributed by atoms with E-state index in [9.17, 15) is 14.7 Å². The van der Waals surface area contributed by atoms with Crippen LogP contribution in [0.15, 0.2) is 72.8 Å². The van der Waals surface area contributed by atoms with E-state index in [4.69, 9.17) is 0 Å². The highest BCUT2D eigenvalue weighted by Gasteiger charge is 2.27. The van der Waals surface area contributed by atoms with Crippen LogP contribution in [0.25, 0.3) is 22.8 Å². The van der Waals surface area contributed by atoms with Crippen LogP contribution < -0.4 is 0 Å². The average molecular weight is 326 g/mol. The summed E-state index contributed by atoms with van der Waals surface area (Å²) < 4.78 is 0. The molecule has 0 unspecified atom stereocenters. The van der Waals surface area contributed by atoms with Crippen molar-refractivity contribution in [1.29, 1.82) is 0 Å². The van der Waals surface area contributed by atoms with Gasteiger partial charge < -0.3 is 5.11 Å². The van der Waals surface area contributed by atoms with Crippen molar-refractivity contribution in [3.63, 3.8) is 0 Å². The Bertz CT molecular complexity index is 1030. The van der Waals surface area contributed by atoms with E-state index in [1.165, 1.54) is 0 Å². The molecule has 3 nitrogen and oxygen atoms in total. The number of Topliss-reactive ketones (excluding diaryl/α,β-unsaturated/α-hetero) is 1. The fourth-order valence-electron chi connectivity index (χ4n) is 3.27. The number of allylic oxidation sites excluding steroid dienone is 1. The van der Waals surface area contributed by atoms with E-state index in [0.717, 1.165) is 11.1 Å². The lowest BCUT2D eigenvalue weighted by molar-refractivity contribution is 0.0697. The van der Waals surface area contributed by atoms with Crippen molar-refractivity contribution in [2.45, 2.75) is 0 Å². The lowest BCUT2D eigenvalue weighted by Gasteiger charge is -2.13. The van der Waals surface area contributed by atoms with Gasteiger partial charge in [-0.25, -0.2) is 4.79 Å². The summed E-state index contributed by atoms with van der Waals surface area (Å²) >= 11 is 0. The smallest absolute Gasteiger partial charge is 0.336 e. The molecule has 0 bridgehead atoms. The summed E-state index contributed by atoms with van der Waals surface area (Å²) in [7, 11) is 0. The fourth-order valence-corrected chi connectivity index (χ4v) is 3.27. The lowest BCUT2D eigenvalue weighted by atomic mass is 9.89. The van der Waals surface area contributed by atoms with Gasteiger partial charge >= 0.3 is 5.97 Å². The number of carbonyl (C=O) groups excluding carboxylic acids is 1. The van der Waals surface area contributed by atoms with Gasteiger partial charge in [-0.3, -0.25) is 4.79 Å². The van der Waals surface area contributed by atoms with Crippen LogP contribution in [0.3, 0.4) is 0 Å². The van der Waals surface area contributed by atoms with Crippen LogP contribution in [0.1, 0.15) is 31.8 Å². The van der Waals surface area contributed by atoms with E-state index in [0.29, 0.717) is 22.3 Å². The van der Waals surface area contributed by atoms with Gasteiger partial charge in [0, 0.05) is 16.7 Å². The van der Waals surface area contributed by atoms with Crippen LogP contribution in [-0.4, -0.2) is 16.9 Å². The first-order chi connectivity index (χ1) is 12.2. The Balaban J connectivity index is 1.97. The standard InChI is InChI=1S/C22H14O3/c23-21-16-10-5-4-9-15(16)13-19(21)17-11-6-12-18(22(24)25)20(17)14-7-2-1-3-8-14/h1-13H,(H,24,25). The van der Waals surface area contributed by atoms with Gasteiger partial charge in [-0.1, -0.05) is 66.7 Å². The molecule has 0 amide bonds. The summed E-state index contributed by atoms with van der Waals surface area (Å²) in [4.78, 5) is 24.6. The second kappa shape index (κ2) is 5.87. The third-order valence-corrected chi connectivity index (χ3v) is 4.40. The third kappa shape index (κ3) is 2.46. The molecule has 25 heavy (non-hydrogen) atoms. The zero-order chi connectivity index (χ0) is 17.4. The Morgan fingerprint density at radius 3 is 2.16 bits per heavy atom. The number of hydrogen-bond acceptors (Lipinski definition) is 2. The first-order valence-corrected chi connectivity index (χ1v) is 7.94. The normalized spacial score (nSPS) is 12.6. The molecule has 3 aromatic rings. The van der Waals surface area contributed by atoms with Crippen molar-refractivity contribution in [2.75, 3.05) is 0 Å². The van der Waals surface area contributed by atoms with Crippen LogP contribution in [0.2, 0.25) is 0 Å². The lowest BCUT2D eigenvalue weighted by Crippen LogP contribution is -2.05. The summed E-state index contributed by atoms with van der Waals surface area (Å²) in [5.41, 5.74) is 4.23. The maximum absolute atomic E-state index is 12.8. The molecule has 0 aliphatic heterocycles. The monoisotopic (exact) mass is 326 g/mol. The van der Waals surface area contributed by atoms with E-state index in [1.54, 1.807) is 18.2 Å². The van der Waals surface area contributed by atoms with Gasteiger partial charge in [-0.05, 0) is 28.8 Å². The Labute approximate surface area is 144 Å². The molecule has 0 saturated heterocycles. The molecule has 0 fully saturated rings. The highest BCUT2D eigenvalue weighted by Crippen LogP contribution is 2.38.